The van der Waals surface area contributed by atoms with Gasteiger partial charge in [0.2, 0.25) is 0 Å². The number of likely N-dealkylation sites (N-methyl/N-ethyl adjacent to an activating group) is 1. The second kappa shape index (κ2) is 25.0. The van der Waals surface area contributed by atoms with Crippen LogP contribution < -0.4 is 5.32 Å². The number of unbranched alkanes of at least 4 members (excludes halogenated alkanes) is 10. The SMILES string of the molecule is CCCCCCCCC(CCCCCC)COC(=O)CCCCCNCCN(CC)CC. The van der Waals surface area contributed by atoms with Crippen LogP contribution in [-0.2, 0) is 9.53 Å². The van der Waals surface area contributed by atoms with Crippen LogP contribution in [0, 0.1) is 5.92 Å². The Kier molecular flexibility index (Phi) is 24.5. The minimum absolute atomic E-state index is 0.0148. The van der Waals surface area contributed by atoms with Crippen molar-refractivity contribution in [2.45, 2.75) is 130 Å². The first-order valence-corrected chi connectivity index (χ1v) is 14.3. The van der Waals surface area contributed by atoms with Crippen molar-refractivity contribution >= 4 is 5.97 Å². The lowest BCUT2D eigenvalue weighted by molar-refractivity contribution is -0.145. The van der Waals surface area contributed by atoms with E-state index in [-0.39, 0.29) is 5.97 Å². The maximum absolute atomic E-state index is 12.2. The van der Waals surface area contributed by atoms with Crippen LogP contribution in [0.15, 0.2) is 0 Å². The molecule has 1 N–H and O–H groups in total. The summed E-state index contributed by atoms with van der Waals surface area (Å²) in [6.07, 6.45) is 19.5. The van der Waals surface area contributed by atoms with Crippen LogP contribution in [-0.4, -0.2) is 50.2 Å². The van der Waals surface area contributed by atoms with Gasteiger partial charge in [-0.25, -0.2) is 0 Å². The molecule has 0 spiro atoms. The van der Waals surface area contributed by atoms with Gasteiger partial charge in [-0.3, -0.25) is 4.79 Å². The van der Waals surface area contributed by atoms with E-state index < -0.39 is 0 Å². The Morgan fingerprint density at radius 3 is 1.91 bits per heavy atom. The fourth-order valence-electron chi connectivity index (χ4n) is 4.27. The van der Waals surface area contributed by atoms with E-state index in [1.807, 2.05) is 0 Å². The van der Waals surface area contributed by atoms with Gasteiger partial charge in [0, 0.05) is 19.5 Å². The van der Waals surface area contributed by atoms with Crippen molar-refractivity contribution in [2.75, 3.05) is 39.3 Å². The van der Waals surface area contributed by atoms with Crippen LogP contribution in [0.1, 0.15) is 130 Å². The third kappa shape index (κ3) is 21.2. The summed E-state index contributed by atoms with van der Waals surface area (Å²) in [5.74, 6) is 0.581. The van der Waals surface area contributed by atoms with Gasteiger partial charge in [-0.1, -0.05) is 98.3 Å². The van der Waals surface area contributed by atoms with E-state index in [0.29, 0.717) is 18.9 Å². The number of carbonyl (C=O) groups is 1. The van der Waals surface area contributed by atoms with Gasteiger partial charge in [-0.05, 0) is 51.2 Å². The van der Waals surface area contributed by atoms with Crippen LogP contribution in [0.2, 0.25) is 0 Å². The lowest BCUT2D eigenvalue weighted by Gasteiger charge is -2.18. The molecule has 0 fully saturated rings. The molecule has 0 aromatic rings. The summed E-state index contributed by atoms with van der Waals surface area (Å²) in [5.41, 5.74) is 0. The lowest BCUT2D eigenvalue weighted by atomic mass is 9.95. The monoisotopic (exact) mass is 454 g/mol. The number of nitrogens with zero attached hydrogens (tertiary/aromatic N) is 1. The van der Waals surface area contributed by atoms with Gasteiger partial charge in [0.05, 0.1) is 6.61 Å². The topological polar surface area (TPSA) is 41.6 Å². The largest absolute Gasteiger partial charge is 0.465 e. The Hall–Kier alpha value is -0.610. The first-order valence-electron chi connectivity index (χ1n) is 14.3. The fraction of sp³-hybridized carbons (Fsp3) is 0.964. The van der Waals surface area contributed by atoms with Gasteiger partial charge in [-0.2, -0.15) is 0 Å². The standard InChI is InChI=1S/C28H58N2O2/c1-5-9-11-13-14-17-21-27(20-16-12-10-6-2)26-32-28(31)22-18-15-19-23-29-24-25-30(7-3)8-4/h27,29H,5-26H2,1-4H3. The summed E-state index contributed by atoms with van der Waals surface area (Å²) >= 11 is 0. The number of esters is 1. The smallest absolute Gasteiger partial charge is 0.305 e. The molecular formula is C28H58N2O2. The highest BCUT2D eigenvalue weighted by molar-refractivity contribution is 5.69. The Morgan fingerprint density at radius 2 is 1.28 bits per heavy atom. The fourth-order valence-corrected chi connectivity index (χ4v) is 4.27. The predicted octanol–water partition coefficient (Wildman–Crippen LogP) is 7.36. The van der Waals surface area contributed by atoms with Gasteiger partial charge in [0.1, 0.15) is 0 Å². The Bertz CT molecular complexity index is 386. The van der Waals surface area contributed by atoms with Crippen molar-refractivity contribution in [1.29, 1.82) is 0 Å². The zero-order valence-corrected chi connectivity index (χ0v) is 22.4. The summed E-state index contributed by atoms with van der Waals surface area (Å²) in [5, 5.41) is 3.52. The predicted molar refractivity (Wildman–Crippen MR) is 140 cm³/mol. The molecule has 32 heavy (non-hydrogen) atoms. The first kappa shape index (κ1) is 31.4. The minimum Gasteiger partial charge on any atom is -0.465 e. The van der Waals surface area contributed by atoms with Crippen molar-refractivity contribution in [3.8, 4) is 0 Å². The molecule has 0 aliphatic rings. The zero-order chi connectivity index (χ0) is 23.7. The molecule has 0 rings (SSSR count). The zero-order valence-electron chi connectivity index (χ0n) is 22.4. The summed E-state index contributed by atoms with van der Waals surface area (Å²) < 4.78 is 5.69. The molecule has 0 heterocycles. The average molecular weight is 455 g/mol. The van der Waals surface area contributed by atoms with E-state index >= 15 is 0 Å². The van der Waals surface area contributed by atoms with E-state index in [1.54, 1.807) is 0 Å². The van der Waals surface area contributed by atoms with Crippen LogP contribution in [0.4, 0.5) is 0 Å². The van der Waals surface area contributed by atoms with Gasteiger partial charge in [0.25, 0.3) is 0 Å². The molecule has 4 heteroatoms. The summed E-state index contributed by atoms with van der Waals surface area (Å²) in [6.45, 7) is 15.1. The van der Waals surface area contributed by atoms with Gasteiger partial charge >= 0.3 is 5.97 Å². The molecule has 192 valence electrons. The molecule has 0 aromatic carbocycles. The van der Waals surface area contributed by atoms with E-state index in [1.165, 1.54) is 77.0 Å². The summed E-state index contributed by atoms with van der Waals surface area (Å²) in [6, 6.07) is 0. The molecule has 0 aliphatic carbocycles. The van der Waals surface area contributed by atoms with Crippen molar-refractivity contribution in [3.05, 3.63) is 0 Å². The van der Waals surface area contributed by atoms with Crippen LogP contribution in [0.3, 0.4) is 0 Å². The Balaban J connectivity index is 3.85. The van der Waals surface area contributed by atoms with Gasteiger partial charge in [-0.15, -0.1) is 0 Å². The highest BCUT2D eigenvalue weighted by Gasteiger charge is 2.12. The number of hydrogen-bond acceptors (Lipinski definition) is 4. The molecular weight excluding hydrogens is 396 g/mol. The molecule has 1 unspecified atom stereocenters. The second-order valence-electron chi connectivity index (χ2n) is 9.54. The van der Waals surface area contributed by atoms with Crippen molar-refractivity contribution in [2.24, 2.45) is 5.92 Å². The molecule has 0 bridgehead atoms. The average Bonchev–Trinajstić information content (AvgIpc) is 2.80. The third-order valence-electron chi connectivity index (χ3n) is 6.65. The molecule has 0 amide bonds. The van der Waals surface area contributed by atoms with E-state index in [2.05, 4.69) is 37.9 Å². The quantitative estimate of drug-likeness (QED) is 0.116. The molecule has 0 saturated heterocycles. The number of carbonyl (C=O) groups excluding carboxylic acids is 1. The van der Waals surface area contributed by atoms with Gasteiger partial charge < -0.3 is 15.0 Å². The molecule has 0 aromatic heterocycles. The molecule has 1 atom stereocenters. The Labute approximate surface area is 201 Å². The first-order chi connectivity index (χ1) is 15.7. The maximum atomic E-state index is 12.2. The number of hydrogen-bond donors (Lipinski definition) is 1. The van der Waals surface area contributed by atoms with Crippen LogP contribution in [0.5, 0.6) is 0 Å². The number of nitrogens with one attached hydrogen (secondary N) is 1. The lowest BCUT2D eigenvalue weighted by Crippen LogP contribution is -2.32. The molecule has 0 radical (unpaired) electrons. The number of ether oxygens (including phenoxy) is 1. The minimum atomic E-state index is 0.0148. The summed E-state index contributed by atoms with van der Waals surface area (Å²) in [4.78, 5) is 14.6. The van der Waals surface area contributed by atoms with E-state index in [4.69, 9.17) is 4.74 Å². The van der Waals surface area contributed by atoms with Crippen LogP contribution >= 0.6 is 0 Å². The van der Waals surface area contributed by atoms with E-state index in [9.17, 15) is 4.79 Å². The highest BCUT2D eigenvalue weighted by atomic mass is 16.5. The molecule has 4 nitrogen and oxygen atoms in total. The highest BCUT2D eigenvalue weighted by Crippen LogP contribution is 2.19. The Morgan fingerprint density at radius 1 is 0.719 bits per heavy atom. The van der Waals surface area contributed by atoms with Crippen molar-refractivity contribution in [1.82, 2.24) is 10.2 Å². The van der Waals surface area contributed by atoms with Crippen LogP contribution in [0.25, 0.3) is 0 Å². The van der Waals surface area contributed by atoms with E-state index in [0.717, 1.165) is 52.0 Å². The number of rotatable bonds is 25. The maximum Gasteiger partial charge on any atom is 0.305 e. The van der Waals surface area contributed by atoms with Crippen molar-refractivity contribution < 1.29 is 9.53 Å². The third-order valence-corrected chi connectivity index (χ3v) is 6.65. The summed E-state index contributed by atoms with van der Waals surface area (Å²) in [7, 11) is 0. The second-order valence-corrected chi connectivity index (χ2v) is 9.54. The molecule has 0 aliphatic heterocycles. The van der Waals surface area contributed by atoms with Gasteiger partial charge in [0.15, 0.2) is 0 Å². The van der Waals surface area contributed by atoms with Crippen molar-refractivity contribution in [3.63, 3.8) is 0 Å². The normalized spacial score (nSPS) is 12.4. The molecule has 0 saturated carbocycles.